The van der Waals surface area contributed by atoms with Crippen LogP contribution in [0.2, 0.25) is 0 Å². The Morgan fingerprint density at radius 2 is 1.61 bits per heavy atom. The first-order chi connectivity index (χ1) is 18.7. The van der Waals surface area contributed by atoms with Crippen LogP contribution in [-0.2, 0) is 6.61 Å². The summed E-state index contributed by atoms with van der Waals surface area (Å²) in [6.07, 6.45) is 6.15. The monoisotopic (exact) mass is 507 g/mol. The molecule has 0 unspecified atom stereocenters. The van der Waals surface area contributed by atoms with Crippen LogP contribution in [0.4, 0.5) is 5.82 Å². The maximum Gasteiger partial charge on any atom is 0.164 e. The molecule has 1 saturated carbocycles. The molecule has 38 heavy (non-hydrogen) atoms. The van der Waals surface area contributed by atoms with Crippen LogP contribution >= 0.6 is 0 Å². The van der Waals surface area contributed by atoms with Crippen LogP contribution in [0.3, 0.4) is 0 Å². The number of fused-ring (bicyclic) bond motifs is 1. The van der Waals surface area contributed by atoms with Crippen LogP contribution in [0.25, 0.3) is 22.3 Å². The van der Waals surface area contributed by atoms with Crippen molar-refractivity contribution in [3.8, 4) is 34.3 Å². The second-order valence-corrected chi connectivity index (χ2v) is 9.43. The predicted molar refractivity (Wildman–Crippen MR) is 147 cm³/mol. The molecule has 0 bridgehead atoms. The van der Waals surface area contributed by atoms with Crippen LogP contribution < -0.4 is 19.9 Å². The van der Waals surface area contributed by atoms with Gasteiger partial charge < -0.3 is 19.9 Å². The minimum Gasteiger partial charge on any atom is -0.497 e. The fraction of sp³-hybridized carbons (Fsp3) is 0.233. The van der Waals surface area contributed by atoms with Gasteiger partial charge in [0.25, 0.3) is 0 Å². The fourth-order valence-electron chi connectivity index (χ4n) is 4.93. The molecule has 8 heteroatoms. The summed E-state index contributed by atoms with van der Waals surface area (Å²) >= 11 is 0. The molecule has 1 aliphatic rings. The first-order valence-electron chi connectivity index (χ1n) is 12.8. The van der Waals surface area contributed by atoms with Gasteiger partial charge in [-0.2, -0.15) is 5.10 Å². The van der Waals surface area contributed by atoms with E-state index in [1.165, 1.54) is 19.2 Å². The summed E-state index contributed by atoms with van der Waals surface area (Å²) in [6.45, 7) is 0.455. The molecule has 3 aromatic carbocycles. The first kappa shape index (κ1) is 23.8. The molecule has 0 atom stereocenters. The zero-order valence-corrected chi connectivity index (χ0v) is 21.2. The summed E-state index contributed by atoms with van der Waals surface area (Å²) in [6, 6.07) is 23.6. The third-order valence-electron chi connectivity index (χ3n) is 6.92. The third kappa shape index (κ3) is 4.85. The molecule has 0 amide bonds. The number of hydrogen-bond acceptors (Lipinski definition) is 7. The number of anilines is 1. The SMILES string of the molecule is COc1ccc(COc2cccc(Oc3ccc(-c4nn(C5CCCC5)c5ncnc(N)c45)cc3)c2)cc1. The highest BCUT2D eigenvalue weighted by Crippen LogP contribution is 2.37. The highest BCUT2D eigenvalue weighted by Gasteiger charge is 2.24. The number of nitrogen functional groups attached to an aromatic ring is 1. The lowest BCUT2D eigenvalue weighted by Crippen LogP contribution is -2.07. The van der Waals surface area contributed by atoms with Gasteiger partial charge in [0.05, 0.1) is 18.5 Å². The number of ether oxygens (including phenoxy) is 3. The second kappa shape index (κ2) is 10.4. The summed E-state index contributed by atoms with van der Waals surface area (Å²) in [7, 11) is 1.65. The van der Waals surface area contributed by atoms with Gasteiger partial charge in [0, 0.05) is 11.6 Å². The molecule has 1 fully saturated rings. The van der Waals surface area contributed by atoms with Crippen LogP contribution in [0.15, 0.2) is 79.1 Å². The summed E-state index contributed by atoms with van der Waals surface area (Å²) in [5, 5.41) is 5.75. The van der Waals surface area contributed by atoms with Crippen molar-refractivity contribution in [3.05, 3.63) is 84.7 Å². The van der Waals surface area contributed by atoms with Crippen molar-refractivity contribution < 1.29 is 14.2 Å². The molecule has 0 saturated heterocycles. The van der Waals surface area contributed by atoms with Crippen molar-refractivity contribution in [1.29, 1.82) is 0 Å². The smallest absolute Gasteiger partial charge is 0.164 e. The van der Waals surface area contributed by atoms with Crippen molar-refractivity contribution in [2.75, 3.05) is 12.8 Å². The van der Waals surface area contributed by atoms with Gasteiger partial charge in [-0.1, -0.05) is 31.0 Å². The van der Waals surface area contributed by atoms with Gasteiger partial charge in [-0.05, 0) is 66.9 Å². The Labute approximate surface area is 221 Å². The molecule has 0 aliphatic heterocycles. The van der Waals surface area contributed by atoms with Crippen molar-refractivity contribution in [1.82, 2.24) is 19.7 Å². The standard InChI is InChI=1S/C30H29N5O3/c1-36-23-13-9-20(10-14-23)18-37-25-7-4-8-26(17-25)38-24-15-11-21(12-16-24)28-27-29(31)32-19-33-30(27)35(34-28)22-5-2-3-6-22/h4,7-17,19,22H,2-3,5-6,18H2,1H3,(H2,31,32,33). The van der Waals surface area contributed by atoms with E-state index in [-0.39, 0.29) is 0 Å². The topological polar surface area (TPSA) is 97.3 Å². The zero-order valence-electron chi connectivity index (χ0n) is 21.2. The molecule has 5 aromatic rings. The molecule has 0 spiro atoms. The number of rotatable bonds is 8. The number of hydrogen-bond donors (Lipinski definition) is 1. The lowest BCUT2D eigenvalue weighted by molar-refractivity contribution is 0.304. The molecule has 6 rings (SSSR count). The van der Waals surface area contributed by atoms with Gasteiger partial charge >= 0.3 is 0 Å². The summed E-state index contributed by atoms with van der Waals surface area (Å²) in [4.78, 5) is 8.75. The molecular formula is C30H29N5O3. The van der Waals surface area contributed by atoms with E-state index in [0.29, 0.717) is 30.0 Å². The van der Waals surface area contributed by atoms with Crippen LogP contribution in [0, 0.1) is 0 Å². The summed E-state index contributed by atoms with van der Waals surface area (Å²) in [5.41, 5.74) is 9.87. The average molecular weight is 508 g/mol. The molecule has 1 aliphatic carbocycles. The molecule has 8 nitrogen and oxygen atoms in total. The fourth-order valence-corrected chi connectivity index (χ4v) is 4.93. The minimum absolute atomic E-state index is 0.349. The highest BCUT2D eigenvalue weighted by molar-refractivity contribution is 5.98. The van der Waals surface area contributed by atoms with Crippen LogP contribution in [-0.4, -0.2) is 26.9 Å². The summed E-state index contributed by atoms with van der Waals surface area (Å²) < 4.78 is 19.3. The van der Waals surface area contributed by atoms with Crippen molar-refractivity contribution in [2.45, 2.75) is 38.3 Å². The average Bonchev–Trinajstić information content (AvgIpc) is 3.62. The zero-order chi connectivity index (χ0) is 25.9. The van der Waals surface area contributed by atoms with Gasteiger partial charge in [-0.25, -0.2) is 14.6 Å². The van der Waals surface area contributed by atoms with E-state index in [9.17, 15) is 0 Å². The quantitative estimate of drug-likeness (QED) is 0.254. The Hall–Kier alpha value is -4.59. The van der Waals surface area contributed by atoms with Crippen molar-refractivity contribution >= 4 is 16.9 Å². The van der Waals surface area contributed by atoms with Gasteiger partial charge in [-0.15, -0.1) is 0 Å². The lowest BCUT2D eigenvalue weighted by atomic mass is 10.1. The molecule has 192 valence electrons. The molecule has 2 heterocycles. The van der Waals surface area contributed by atoms with Gasteiger partial charge in [0.1, 0.15) is 47.4 Å². The van der Waals surface area contributed by atoms with E-state index in [4.69, 9.17) is 25.0 Å². The maximum atomic E-state index is 6.28. The van der Waals surface area contributed by atoms with Crippen LogP contribution in [0.1, 0.15) is 37.3 Å². The summed E-state index contributed by atoms with van der Waals surface area (Å²) in [5.74, 6) is 3.40. The molecular weight excluding hydrogens is 478 g/mol. The molecule has 2 aromatic heterocycles. The number of nitrogens with two attached hydrogens (primary N) is 1. The van der Waals surface area contributed by atoms with E-state index in [2.05, 4.69) is 9.97 Å². The van der Waals surface area contributed by atoms with E-state index in [1.807, 2.05) is 77.5 Å². The van der Waals surface area contributed by atoms with Crippen molar-refractivity contribution in [3.63, 3.8) is 0 Å². The lowest BCUT2D eigenvalue weighted by Gasteiger charge is -2.10. The third-order valence-corrected chi connectivity index (χ3v) is 6.92. The first-order valence-corrected chi connectivity index (χ1v) is 12.8. The number of nitrogens with zero attached hydrogens (tertiary/aromatic N) is 4. The van der Waals surface area contributed by atoms with Gasteiger partial charge in [0.15, 0.2) is 5.65 Å². The molecule has 2 N–H and O–H groups in total. The van der Waals surface area contributed by atoms with Crippen molar-refractivity contribution in [2.24, 2.45) is 0 Å². The number of benzene rings is 3. The Bertz CT molecular complexity index is 1540. The molecule has 0 radical (unpaired) electrons. The normalized spacial score (nSPS) is 13.6. The van der Waals surface area contributed by atoms with Gasteiger partial charge in [0.2, 0.25) is 0 Å². The van der Waals surface area contributed by atoms with E-state index in [1.54, 1.807) is 7.11 Å². The van der Waals surface area contributed by atoms with E-state index >= 15 is 0 Å². The largest absolute Gasteiger partial charge is 0.497 e. The Morgan fingerprint density at radius 3 is 2.37 bits per heavy atom. The number of methoxy groups -OCH3 is 1. The van der Waals surface area contributed by atoms with Gasteiger partial charge in [-0.3, -0.25) is 0 Å². The number of aromatic nitrogens is 4. The van der Waals surface area contributed by atoms with E-state index in [0.717, 1.165) is 52.2 Å². The second-order valence-electron chi connectivity index (χ2n) is 9.43. The highest BCUT2D eigenvalue weighted by atomic mass is 16.5. The van der Waals surface area contributed by atoms with E-state index < -0.39 is 0 Å². The minimum atomic E-state index is 0.349. The van der Waals surface area contributed by atoms with Crippen LogP contribution in [0.5, 0.6) is 23.0 Å². The predicted octanol–water partition coefficient (Wildman–Crippen LogP) is 6.57. The Morgan fingerprint density at radius 1 is 0.868 bits per heavy atom. The Kier molecular flexibility index (Phi) is 6.52. The Balaban J connectivity index is 1.18. The maximum absolute atomic E-state index is 6.28.